The van der Waals surface area contributed by atoms with Crippen LogP contribution >= 0.6 is 0 Å². The second-order valence-electron chi connectivity index (χ2n) is 3.34. The van der Waals surface area contributed by atoms with Crippen LogP contribution in [0.1, 0.15) is 16.9 Å². The Balaban J connectivity index is 2.38. The largest absolute Gasteiger partial charge is 0.369 e. The third kappa shape index (κ3) is 0.878. The highest BCUT2D eigenvalue weighted by molar-refractivity contribution is 6.01. The molecule has 14 heavy (non-hydrogen) atoms. The molecule has 0 radical (unpaired) electrons. The molecule has 0 unspecified atom stereocenters. The summed E-state index contributed by atoms with van der Waals surface area (Å²) in [6.07, 6.45) is 2.45. The number of ketones is 1. The van der Waals surface area contributed by atoms with Gasteiger partial charge in [0, 0.05) is 19.2 Å². The van der Waals surface area contributed by atoms with E-state index in [-0.39, 0.29) is 5.78 Å². The van der Waals surface area contributed by atoms with Crippen molar-refractivity contribution in [1.29, 1.82) is 0 Å². The molecule has 0 aromatic carbocycles. The Labute approximate surface area is 80.6 Å². The summed E-state index contributed by atoms with van der Waals surface area (Å²) >= 11 is 0. The monoisotopic (exact) mass is 187 g/mol. The second-order valence-corrected chi connectivity index (χ2v) is 3.34. The van der Waals surface area contributed by atoms with Gasteiger partial charge in [-0.2, -0.15) is 0 Å². The lowest BCUT2D eigenvalue weighted by atomic mass is 10.1. The third-order valence-electron chi connectivity index (χ3n) is 2.44. The van der Waals surface area contributed by atoms with E-state index in [1.54, 1.807) is 0 Å². The fourth-order valence-corrected chi connectivity index (χ4v) is 1.77. The van der Waals surface area contributed by atoms with Crippen molar-refractivity contribution in [1.82, 2.24) is 9.38 Å². The summed E-state index contributed by atoms with van der Waals surface area (Å²) in [5, 5.41) is 3.20. The molecule has 70 valence electrons. The van der Waals surface area contributed by atoms with Crippen molar-refractivity contribution in [2.24, 2.45) is 0 Å². The van der Waals surface area contributed by atoms with Gasteiger partial charge >= 0.3 is 0 Å². The van der Waals surface area contributed by atoms with Crippen LogP contribution in [-0.4, -0.2) is 21.7 Å². The molecule has 0 bridgehead atoms. The number of fused-ring (bicyclic) bond motifs is 3. The molecule has 0 saturated carbocycles. The first-order valence-electron chi connectivity index (χ1n) is 4.60. The summed E-state index contributed by atoms with van der Waals surface area (Å²) in [5.41, 5.74) is 1.39. The Kier molecular flexibility index (Phi) is 1.39. The van der Waals surface area contributed by atoms with Crippen molar-refractivity contribution in [2.75, 3.05) is 11.9 Å². The van der Waals surface area contributed by atoms with Crippen molar-refractivity contribution < 1.29 is 4.79 Å². The number of hydrogen-bond acceptors (Lipinski definition) is 3. The lowest BCUT2D eigenvalue weighted by Gasteiger charge is -2.11. The highest BCUT2D eigenvalue weighted by Gasteiger charge is 2.21. The van der Waals surface area contributed by atoms with Gasteiger partial charge in [-0.3, -0.25) is 9.20 Å². The molecule has 0 atom stereocenters. The van der Waals surface area contributed by atoms with Crippen molar-refractivity contribution >= 4 is 17.2 Å². The standard InChI is InChI=1S/C10H9N3O/c14-7-4-5-11-10-9(7)12-8-3-1-2-6-13(8)10/h1-3,6,11H,4-5H2. The maximum atomic E-state index is 11.5. The summed E-state index contributed by atoms with van der Waals surface area (Å²) in [6, 6.07) is 5.74. The van der Waals surface area contributed by atoms with Gasteiger partial charge in [0.25, 0.3) is 0 Å². The van der Waals surface area contributed by atoms with E-state index in [0.29, 0.717) is 18.7 Å². The average molecular weight is 187 g/mol. The zero-order chi connectivity index (χ0) is 9.54. The molecule has 1 aliphatic rings. The van der Waals surface area contributed by atoms with Crippen LogP contribution in [-0.2, 0) is 0 Å². The van der Waals surface area contributed by atoms with Crippen LogP contribution in [0.4, 0.5) is 5.82 Å². The summed E-state index contributed by atoms with van der Waals surface area (Å²) in [6.45, 7) is 0.703. The summed E-state index contributed by atoms with van der Waals surface area (Å²) in [7, 11) is 0. The zero-order valence-corrected chi connectivity index (χ0v) is 7.53. The Morgan fingerprint density at radius 1 is 1.43 bits per heavy atom. The fraction of sp³-hybridized carbons (Fsp3) is 0.200. The van der Waals surface area contributed by atoms with Gasteiger partial charge in [-0.15, -0.1) is 0 Å². The number of nitrogens with one attached hydrogen (secondary N) is 1. The maximum absolute atomic E-state index is 11.5. The zero-order valence-electron chi connectivity index (χ0n) is 7.53. The minimum Gasteiger partial charge on any atom is -0.369 e. The van der Waals surface area contributed by atoms with Crippen LogP contribution in [0.3, 0.4) is 0 Å². The van der Waals surface area contributed by atoms with Gasteiger partial charge in [-0.1, -0.05) is 6.07 Å². The number of anilines is 1. The first-order chi connectivity index (χ1) is 6.86. The number of aromatic nitrogens is 2. The van der Waals surface area contributed by atoms with E-state index >= 15 is 0 Å². The van der Waals surface area contributed by atoms with Crippen LogP contribution in [0.25, 0.3) is 5.65 Å². The highest BCUT2D eigenvalue weighted by atomic mass is 16.1. The van der Waals surface area contributed by atoms with Gasteiger partial charge in [0.1, 0.15) is 17.2 Å². The molecule has 1 N–H and O–H groups in total. The quantitative estimate of drug-likeness (QED) is 0.676. The number of rotatable bonds is 0. The number of nitrogens with zero attached hydrogens (tertiary/aromatic N) is 2. The van der Waals surface area contributed by atoms with Gasteiger partial charge in [0.15, 0.2) is 5.78 Å². The number of carbonyl (C=O) groups excluding carboxylic acids is 1. The molecule has 4 nitrogen and oxygen atoms in total. The Morgan fingerprint density at radius 3 is 3.29 bits per heavy atom. The molecule has 4 heteroatoms. The lowest BCUT2D eigenvalue weighted by molar-refractivity contribution is 0.0979. The first-order valence-corrected chi connectivity index (χ1v) is 4.60. The van der Waals surface area contributed by atoms with E-state index < -0.39 is 0 Å². The van der Waals surface area contributed by atoms with Gasteiger partial charge < -0.3 is 5.32 Å². The average Bonchev–Trinajstić information content (AvgIpc) is 2.59. The summed E-state index contributed by atoms with van der Waals surface area (Å²) < 4.78 is 1.91. The highest BCUT2D eigenvalue weighted by Crippen LogP contribution is 2.22. The van der Waals surface area contributed by atoms with E-state index in [9.17, 15) is 4.79 Å². The van der Waals surface area contributed by atoms with E-state index in [0.717, 1.165) is 11.5 Å². The molecule has 0 spiro atoms. The smallest absolute Gasteiger partial charge is 0.186 e. The summed E-state index contributed by atoms with van der Waals surface area (Å²) in [5.74, 6) is 0.958. The van der Waals surface area contributed by atoms with Crippen molar-refractivity contribution in [3.63, 3.8) is 0 Å². The molecule has 3 rings (SSSR count). The van der Waals surface area contributed by atoms with Crippen molar-refractivity contribution in [3.8, 4) is 0 Å². The van der Waals surface area contributed by atoms with Crippen molar-refractivity contribution in [2.45, 2.75) is 6.42 Å². The van der Waals surface area contributed by atoms with Gasteiger partial charge in [-0.05, 0) is 12.1 Å². The Hall–Kier alpha value is -1.84. The van der Waals surface area contributed by atoms with Crippen LogP contribution in [0.15, 0.2) is 24.4 Å². The normalized spacial score (nSPS) is 15.3. The Bertz CT molecular complexity index is 515. The van der Waals surface area contributed by atoms with Gasteiger partial charge in [-0.25, -0.2) is 4.98 Å². The van der Waals surface area contributed by atoms with E-state index in [1.165, 1.54) is 0 Å². The number of imidazole rings is 1. The SMILES string of the molecule is O=C1CCNc2c1nc1ccccn21. The van der Waals surface area contributed by atoms with Crippen LogP contribution < -0.4 is 5.32 Å². The fourth-order valence-electron chi connectivity index (χ4n) is 1.77. The number of carbonyl (C=O) groups is 1. The molecule has 3 heterocycles. The molecule has 2 aromatic rings. The molecule has 0 saturated heterocycles. The molecular formula is C10H9N3O. The van der Waals surface area contributed by atoms with Crippen molar-refractivity contribution in [3.05, 3.63) is 30.1 Å². The second kappa shape index (κ2) is 2.57. The molecular weight excluding hydrogens is 178 g/mol. The number of pyridine rings is 1. The molecule has 0 amide bonds. The van der Waals surface area contributed by atoms with E-state index in [2.05, 4.69) is 10.3 Å². The summed E-state index contributed by atoms with van der Waals surface area (Å²) in [4.78, 5) is 15.8. The predicted molar refractivity (Wildman–Crippen MR) is 52.6 cm³/mol. The predicted octanol–water partition coefficient (Wildman–Crippen LogP) is 1.33. The van der Waals surface area contributed by atoms with Crippen LogP contribution in [0.2, 0.25) is 0 Å². The Morgan fingerprint density at radius 2 is 2.36 bits per heavy atom. The third-order valence-corrected chi connectivity index (χ3v) is 2.44. The first kappa shape index (κ1) is 7.55. The molecule has 1 aliphatic heterocycles. The minimum atomic E-state index is 0.127. The van der Waals surface area contributed by atoms with Crippen LogP contribution in [0.5, 0.6) is 0 Å². The van der Waals surface area contributed by atoms with E-state index in [1.807, 2.05) is 28.8 Å². The maximum Gasteiger partial charge on any atom is 0.186 e. The van der Waals surface area contributed by atoms with Gasteiger partial charge in [0.2, 0.25) is 0 Å². The lowest BCUT2D eigenvalue weighted by Crippen LogP contribution is -2.18. The molecule has 0 fully saturated rings. The van der Waals surface area contributed by atoms with Gasteiger partial charge in [0.05, 0.1) is 0 Å². The molecule has 0 aliphatic carbocycles. The minimum absolute atomic E-state index is 0.127. The van der Waals surface area contributed by atoms with E-state index in [4.69, 9.17) is 0 Å². The number of Topliss-reactive ketones (excluding diaryl/α,β-unsaturated/α-hetero) is 1. The molecule has 2 aromatic heterocycles. The van der Waals surface area contributed by atoms with Crippen LogP contribution in [0, 0.1) is 0 Å². The topological polar surface area (TPSA) is 46.4 Å². The number of hydrogen-bond donors (Lipinski definition) is 1.